The lowest BCUT2D eigenvalue weighted by molar-refractivity contribution is 1.24. The summed E-state index contributed by atoms with van der Waals surface area (Å²) in [4.78, 5) is 0. The summed E-state index contributed by atoms with van der Waals surface area (Å²) in [6.07, 6.45) is 4.28. The van der Waals surface area contributed by atoms with E-state index in [2.05, 4.69) is 95.5 Å². The van der Waals surface area contributed by atoms with Crippen molar-refractivity contribution in [2.45, 2.75) is 12.8 Å². The molecule has 31 heavy (non-hydrogen) atoms. The van der Waals surface area contributed by atoms with Crippen LogP contribution in [0.4, 0.5) is 0 Å². The average molecular weight is 393 g/mol. The molecule has 0 bridgehead atoms. The number of aromatic nitrogens is 1. The molecule has 1 nitrogen and oxygen atoms in total. The van der Waals surface area contributed by atoms with Gasteiger partial charge in [-0.15, -0.1) is 0 Å². The minimum atomic E-state index is 1.03. The van der Waals surface area contributed by atoms with Gasteiger partial charge in [0.25, 0.3) is 0 Å². The molecule has 2 heterocycles. The molecule has 2 aliphatic rings. The first kappa shape index (κ1) is 15.9. The van der Waals surface area contributed by atoms with Crippen LogP contribution in [0.5, 0.6) is 0 Å². The summed E-state index contributed by atoms with van der Waals surface area (Å²) >= 11 is 0. The normalized spacial score (nSPS) is 13.5. The Morgan fingerprint density at radius 1 is 0.452 bits per heavy atom. The summed E-state index contributed by atoms with van der Waals surface area (Å²) in [6.45, 7) is 0. The van der Waals surface area contributed by atoms with Crippen molar-refractivity contribution in [3.8, 4) is 22.3 Å². The number of hydrogen-bond donors (Lipinski definition) is 0. The molecule has 0 amide bonds. The Hall–Kier alpha value is -3.84. The largest absolute Gasteiger partial charge is 0.316 e. The molecule has 4 aromatic carbocycles. The molecule has 2 aromatic heterocycles. The SMILES string of the molecule is c1ccc2c(c1)Cc1cc3c(cc1-2)c1cccn1c1cc2c(cc31)-c1ccccc1C2. The third kappa shape index (κ3) is 1.96. The van der Waals surface area contributed by atoms with Crippen LogP contribution in [0, 0.1) is 0 Å². The van der Waals surface area contributed by atoms with Crippen molar-refractivity contribution in [3.63, 3.8) is 0 Å². The standard InChI is InChI=1S/C30H19N/c1-3-8-22-18(6-1)12-20-14-26-27(16-24(20)22)29-10-5-11-31(29)30-15-21-13-19-7-2-4-9-23(19)25(21)17-28(26)30/h1-11,14-17H,12-13H2. The van der Waals surface area contributed by atoms with Crippen molar-refractivity contribution >= 4 is 27.2 Å². The second-order valence-corrected chi connectivity index (χ2v) is 9.01. The highest BCUT2D eigenvalue weighted by atomic mass is 14.9. The van der Waals surface area contributed by atoms with Gasteiger partial charge in [0.15, 0.2) is 0 Å². The van der Waals surface area contributed by atoms with Gasteiger partial charge in [-0.05, 0) is 99.1 Å². The second kappa shape index (κ2) is 5.44. The molecule has 0 spiro atoms. The molecule has 0 atom stereocenters. The smallest absolute Gasteiger partial charge is 0.0537 e. The molecular weight excluding hydrogens is 374 g/mol. The Labute approximate surface area is 180 Å². The van der Waals surface area contributed by atoms with Crippen molar-refractivity contribution in [1.29, 1.82) is 0 Å². The Morgan fingerprint density at radius 2 is 1.06 bits per heavy atom. The van der Waals surface area contributed by atoms with E-state index in [-0.39, 0.29) is 0 Å². The van der Waals surface area contributed by atoms with E-state index in [0.717, 1.165) is 12.8 Å². The lowest BCUT2D eigenvalue weighted by Crippen LogP contribution is -1.93. The number of nitrogens with zero attached hydrogens (tertiary/aromatic N) is 1. The maximum absolute atomic E-state index is 2.47. The Morgan fingerprint density at radius 3 is 1.77 bits per heavy atom. The molecule has 0 saturated heterocycles. The highest BCUT2D eigenvalue weighted by Gasteiger charge is 2.23. The molecule has 1 heteroatoms. The Balaban J connectivity index is 1.53. The molecule has 0 fully saturated rings. The summed E-state index contributed by atoms with van der Waals surface area (Å²) in [7, 11) is 0. The Kier molecular flexibility index (Phi) is 2.80. The lowest BCUT2D eigenvalue weighted by Gasteiger charge is -2.14. The first-order valence-corrected chi connectivity index (χ1v) is 11.0. The summed E-state index contributed by atoms with van der Waals surface area (Å²) in [6, 6.07) is 31.9. The molecule has 8 rings (SSSR count). The van der Waals surface area contributed by atoms with Crippen molar-refractivity contribution in [2.24, 2.45) is 0 Å². The van der Waals surface area contributed by atoms with E-state index < -0.39 is 0 Å². The predicted octanol–water partition coefficient (Wildman–Crippen LogP) is 7.39. The van der Waals surface area contributed by atoms with Crippen LogP contribution in [-0.4, -0.2) is 4.40 Å². The van der Waals surface area contributed by atoms with E-state index in [1.807, 2.05) is 0 Å². The fourth-order valence-electron chi connectivity index (χ4n) is 6.02. The predicted molar refractivity (Wildman–Crippen MR) is 129 cm³/mol. The summed E-state index contributed by atoms with van der Waals surface area (Å²) in [5.41, 5.74) is 14.0. The lowest BCUT2D eigenvalue weighted by atomic mass is 9.95. The highest BCUT2D eigenvalue weighted by Crippen LogP contribution is 2.44. The molecule has 0 unspecified atom stereocenters. The van der Waals surface area contributed by atoms with Crippen molar-refractivity contribution in [3.05, 3.63) is 113 Å². The van der Waals surface area contributed by atoms with Gasteiger partial charge in [-0.3, -0.25) is 0 Å². The van der Waals surface area contributed by atoms with Gasteiger partial charge in [-0.1, -0.05) is 48.5 Å². The van der Waals surface area contributed by atoms with Crippen LogP contribution in [-0.2, 0) is 12.8 Å². The van der Waals surface area contributed by atoms with E-state index in [9.17, 15) is 0 Å². The monoisotopic (exact) mass is 393 g/mol. The number of hydrogen-bond acceptors (Lipinski definition) is 0. The van der Waals surface area contributed by atoms with Crippen LogP contribution in [0.3, 0.4) is 0 Å². The minimum Gasteiger partial charge on any atom is -0.316 e. The van der Waals surface area contributed by atoms with E-state index in [0.29, 0.717) is 0 Å². The van der Waals surface area contributed by atoms with Gasteiger partial charge >= 0.3 is 0 Å². The first-order valence-electron chi connectivity index (χ1n) is 11.0. The number of fused-ring (bicyclic) bond motifs is 12. The zero-order valence-corrected chi connectivity index (χ0v) is 17.0. The number of pyridine rings is 1. The van der Waals surface area contributed by atoms with E-state index >= 15 is 0 Å². The number of rotatable bonds is 0. The van der Waals surface area contributed by atoms with Gasteiger partial charge in [0.1, 0.15) is 0 Å². The maximum Gasteiger partial charge on any atom is 0.0537 e. The van der Waals surface area contributed by atoms with Gasteiger partial charge in [0, 0.05) is 17.0 Å². The van der Waals surface area contributed by atoms with E-state index in [1.54, 1.807) is 0 Å². The third-order valence-electron chi connectivity index (χ3n) is 7.42. The van der Waals surface area contributed by atoms with Gasteiger partial charge in [-0.2, -0.15) is 0 Å². The van der Waals surface area contributed by atoms with Crippen LogP contribution in [0.2, 0.25) is 0 Å². The summed E-state index contributed by atoms with van der Waals surface area (Å²) in [5, 5.41) is 4.08. The molecule has 0 N–H and O–H groups in total. The van der Waals surface area contributed by atoms with Crippen molar-refractivity contribution < 1.29 is 0 Å². The van der Waals surface area contributed by atoms with Crippen LogP contribution >= 0.6 is 0 Å². The van der Waals surface area contributed by atoms with E-state index in [1.165, 1.54) is 71.7 Å². The fraction of sp³-hybridized carbons (Fsp3) is 0.0667. The fourth-order valence-corrected chi connectivity index (χ4v) is 6.02. The molecule has 0 radical (unpaired) electrons. The minimum absolute atomic E-state index is 1.03. The van der Waals surface area contributed by atoms with E-state index in [4.69, 9.17) is 0 Å². The van der Waals surface area contributed by atoms with Gasteiger partial charge in [-0.25, -0.2) is 0 Å². The van der Waals surface area contributed by atoms with Crippen molar-refractivity contribution in [1.82, 2.24) is 4.40 Å². The van der Waals surface area contributed by atoms with Crippen LogP contribution in [0.25, 0.3) is 49.4 Å². The first-order chi connectivity index (χ1) is 15.3. The summed E-state index contributed by atoms with van der Waals surface area (Å²) < 4.78 is 2.38. The zero-order valence-electron chi connectivity index (χ0n) is 17.0. The van der Waals surface area contributed by atoms with Gasteiger partial charge in [0.05, 0.1) is 11.0 Å². The second-order valence-electron chi connectivity index (χ2n) is 9.01. The average Bonchev–Trinajstić information content (AvgIpc) is 3.51. The van der Waals surface area contributed by atoms with Crippen LogP contribution in [0.15, 0.2) is 91.1 Å². The topological polar surface area (TPSA) is 4.41 Å². The quantitative estimate of drug-likeness (QED) is 0.237. The van der Waals surface area contributed by atoms with Crippen LogP contribution < -0.4 is 0 Å². The maximum atomic E-state index is 2.47. The summed E-state index contributed by atoms with van der Waals surface area (Å²) in [5.74, 6) is 0. The van der Waals surface area contributed by atoms with Crippen LogP contribution in [0.1, 0.15) is 22.3 Å². The van der Waals surface area contributed by atoms with Gasteiger partial charge < -0.3 is 4.40 Å². The van der Waals surface area contributed by atoms with Crippen molar-refractivity contribution in [2.75, 3.05) is 0 Å². The molecule has 144 valence electrons. The Bertz CT molecular complexity index is 1730. The third-order valence-corrected chi connectivity index (χ3v) is 7.42. The molecule has 0 saturated carbocycles. The molecule has 0 aliphatic heterocycles. The zero-order chi connectivity index (χ0) is 20.1. The molecule has 2 aliphatic carbocycles. The number of benzene rings is 4. The molecular formula is C30H19N. The molecule has 6 aromatic rings. The van der Waals surface area contributed by atoms with Gasteiger partial charge in [0.2, 0.25) is 0 Å². The highest BCUT2D eigenvalue weighted by molar-refractivity contribution is 6.15.